The topological polar surface area (TPSA) is 49.8 Å². The van der Waals surface area contributed by atoms with E-state index >= 15 is 0 Å². The molecule has 0 aromatic carbocycles. The molecule has 0 saturated carbocycles. The lowest BCUT2D eigenvalue weighted by atomic mass is 10.3. The number of thiophene rings is 2. The summed E-state index contributed by atoms with van der Waals surface area (Å²) in [7, 11) is 1.84. The molecule has 2 N–H and O–H groups in total. The molecule has 0 radical (unpaired) electrons. The fourth-order valence-corrected chi connectivity index (χ4v) is 3.76. The van der Waals surface area contributed by atoms with Crippen LogP contribution in [0, 0.1) is 13.8 Å². The van der Waals surface area contributed by atoms with Crippen molar-refractivity contribution < 1.29 is 0 Å². The first kappa shape index (κ1) is 13.3. The second kappa shape index (κ2) is 5.38. The van der Waals surface area contributed by atoms with Crippen molar-refractivity contribution in [3.8, 4) is 0 Å². The van der Waals surface area contributed by atoms with Crippen LogP contribution < -0.4 is 10.6 Å². The van der Waals surface area contributed by atoms with Gasteiger partial charge >= 0.3 is 0 Å². The number of nitrogens with one attached hydrogen (secondary N) is 2. The van der Waals surface area contributed by atoms with E-state index in [9.17, 15) is 0 Å². The summed E-state index contributed by atoms with van der Waals surface area (Å²) >= 11 is 3.46. The molecule has 0 saturated heterocycles. The van der Waals surface area contributed by atoms with Crippen LogP contribution in [0.3, 0.4) is 0 Å². The molecular formula is C14H16N4S2. The third-order valence-electron chi connectivity index (χ3n) is 3.12. The zero-order valence-electron chi connectivity index (χ0n) is 11.7. The number of rotatable bonds is 4. The van der Waals surface area contributed by atoms with E-state index in [-0.39, 0.29) is 0 Å². The Morgan fingerprint density at radius 1 is 1.25 bits per heavy atom. The third-order valence-corrected chi connectivity index (χ3v) is 5.09. The minimum absolute atomic E-state index is 0.657. The van der Waals surface area contributed by atoms with Gasteiger partial charge in [-0.15, -0.1) is 22.7 Å². The summed E-state index contributed by atoms with van der Waals surface area (Å²) in [6, 6.07) is 4.29. The van der Waals surface area contributed by atoms with Crippen molar-refractivity contribution in [1.29, 1.82) is 0 Å². The number of anilines is 2. The van der Waals surface area contributed by atoms with Crippen molar-refractivity contribution in [3.05, 3.63) is 32.8 Å². The van der Waals surface area contributed by atoms with Crippen molar-refractivity contribution in [2.45, 2.75) is 20.4 Å². The molecule has 20 heavy (non-hydrogen) atoms. The number of nitrogens with zero attached hydrogens (tertiary/aromatic N) is 2. The highest BCUT2D eigenvalue weighted by Crippen LogP contribution is 2.30. The lowest BCUT2D eigenvalue weighted by Crippen LogP contribution is -2.04. The lowest BCUT2D eigenvalue weighted by Gasteiger charge is -2.08. The fourth-order valence-electron chi connectivity index (χ4n) is 2.04. The van der Waals surface area contributed by atoms with Gasteiger partial charge in [-0.3, -0.25) is 0 Å². The first-order valence-corrected chi connectivity index (χ1v) is 8.10. The minimum atomic E-state index is 0.657. The summed E-state index contributed by atoms with van der Waals surface area (Å²) in [6.45, 7) is 5.03. The van der Waals surface area contributed by atoms with Gasteiger partial charge in [0.15, 0.2) is 0 Å². The number of aryl methyl sites for hydroxylation is 2. The lowest BCUT2D eigenvalue weighted by molar-refractivity contribution is 1.11. The van der Waals surface area contributed by atoms with Crippen molar-refractivity contribution in [1.82, 2.24) is 9.97 Å². The number of fused-ring (bicyclic) bond motifs is 1. The molecule has 6 heteroatoms. The van der Waals surface area contributed by atoms with Crippen LogP contribution in [-0.2, 0) is 6.54 Å². The quantitative estimate of drug-likeness (QED) is 0.764. The van der Waals surface area contributed by atoms with Gasteiger partial charge in [-0.05, 0) is 36.9 Å². The smallest absolute Gasteiger partial charge is 0.225 e. The van der Waals surface area contributed by atoms with Gasteiger partial charge in [-0.2, -0.15) is 4.98 Å². The van der Waals surface area contributed by atoms with Crippen LogP contribution in [0.5, 0.6) is 0 Å². The molecule has 0 bridgehead atoms. The zero-order valence-corrected chi connectivity index (χ0v) is 13.3. The monoisotopic (exact) mass is 304 g/mol. The summed E-state index contributed by atoms with van der Waals surface area (Å²) in [6.07, 6.45) is 0. The maximum absolute atomic E-state index is 4.54. The highest BCUT2D eigenvalue weighted by molar-refractivity contribution is 7.18. The Morgan fingerprint density at radius 3 is 2.80 bits per heavy atom. The fraction of sp³-hybridized carbons (Fsp3) is 0.286. The summed E-state index contributed by atoms with van der Waals surface area (Å²) < 4.78 is 0. The van der Waals surface area contributed by atoms with Gasteiger partial charge in [-0.1, -0.05) is 0 Å². The van der Waals surface area contributed by atoms with Crippen LogP contribution in [0.1, 0.15) is 15.3 Å². The molecule has 3 heterocycles. The molecule has 0 fully saturated rings. The summed E-state index contributed by atoms with van der Waals surface area (Å²) in [5, 5.41) is 9.68. The van der Waals surface area contributed by atoms with Gasteiger partial charge in [0.2, 0.25) is 5.95 Å². The third kappa shape index (κ3) is 2.48. The number of hydrogen-bond acceptors (Lipinski definition) is 6. The maximum Gasteiger partial charge on any atom is 0.225 e. The Bertz CT molecular complexity index is 745. The largest absolute Gasteiger partial charge is 0.364 e. The summed E-state index contributed by atoms with van der Waals surface area (Å²) in [4.78, 5) is 12.6. The molecule has 4 nitrogen and oxygen atoms in total. The molecule has 104 valence electrons. The van der Waals surface area contributed by atoms with Crippen LogP contribution in [0.2, 0.25) is 0 Å². The van der Waals surface area contributed by atoms with E-state index in [0.29, 0.717) is 5.95 Å². The molecule has 0 aliphatic carbocycles. The van der Waals surface area contributed by atoms with Crippen molar-refractivity contribution >= 4 is 44.7 Å². The van der Waals surface area contributed by atoms with Crippen LogP contribution in [0.15, 0.2) is 17.5 Å². The molecule has 3 rings (SSSR count). The van der Waals surface area contributed by atoms with Crippen LogP contribution >= 0.6 is 22.7 Å². The Morgan fingerprint density at radius 2 is 2.10 bits per heavy atom. The maximum atomic E-state index is 4.54. The Balaban J connectivity index is 1.95. The first-order chi connectivity index (χ1) is 9.67. The Hall–Kier alpha value is -1.66. The molecule has 0 spiro atoms. The Kier molecular flexibility index (Phi) is 3.58. The molecule has 3 aromatic heterocycles. The average molecular weight is 304 g/mol. The molecule has 0 aliphatic rings. The number of aromatic nitrogens is 2. The van der Waals surface area contributed by atoms with Gasteiger partial charge in [-0.25, -0.2) is 4.98 Å². The SMILES string of the molecule is CNc1nc(NCc2sccc2C)c2cc(C)sc2n1. The number of hydrogen-bond donors (Lipinski definition) is 2. The van der Waals surface area contributed by atoms with Crippen molar-refractivity contribution in [2.75, 3.05) is 17.7 Å². The normalized spacial score (nSPS) is 10.9. The second-order valence-corrected chi connectivity index (χ2v) is 6.84. The second-order valence-electron chi connectivity index (χ2n) is 4.60. The molecule has 0 atom stereocenters. The van der Waals surface area contributed by atoms with Crippen LogP contribution in [0.25, 0.3) is 10.2 Å². The molecule has 0 amide bonds. The van der Waals surface area contributed by atoms with Crippen LogP contribution in [0.4, 0.5) is 11.8 Å². The van der Waals surface area contributed by atoms with Crippen LogP contribution in [-0.4, -0.2) is 17.0 Å². The van der Waals surface area contributed by atoms with E-state index in [1.54, 1.807) is 22.7 Å². The van der Waals surface area contributed by atoms with Crippen molar-refractivity contribution in [3.63, 3.8) is 0 Å². The van der Waals surface area contributed by atoms with Gasteiger partial charge in [0, 0.05) is 16.8 Å². The standard InChI is InChI=1S/C14H16N4S2/c1-8-4-5-19-11(8)7-16-12-10-6-9(2)20-13(10)18-14(15-3)17-12/h4-6H,7H2,1-3H3,(H2,15,16,17,18). The van der Waals surface area contributed by atoms with E-state index in [4.69, 9.17) is 0 Å². The predicted octanol–water partition coefficient (Wildman–Crippen LogP) is 4.02. The average Bonchev–Trinajstić information content (AvgIpc) is 3.00. The molecule has 3 aromatic rings. The van der Waals surface area contributed by atoms with Gasteiger partial charge in [0.25, 0.3) is 0 Å². The highest BCUT2D eigenvalue weighted by atomic mass is 32.1. The zero-order chi connectivity index (χ0) is 14.1. The summed E-state index contributed by atoms with van der Waals surface area (Å²) in [5.74, 6) is 1.56. The molecule has 0 unspecified atom stereocenters. The van der Waals surface area contributed by atoms with Gasteiger partial charge in [0.1, 0.15) is 10.6 Å². The summed E-state index contributed by atoms with van der Waals surface area (Å²) in [5.41, 5.74) is 1.32. The predicted molar refractivity (Wildman–Crippen MR) is 88.1 cm³/mol. The first-order valence-electron chi connectivity index (χ1n) is 6.40. The van der Waals surface area contributed by atoms with E-state index in [1.807, 2.05) is 7.05 Å². The van der Waals surface area contributed by atoms with E-state index in [2.05, 4.69) is 52.0 Å². The van der Waals surface area contributed by atoms with E-state index in [1.165, 1.54) is 15.3 Å². The van der Waals surface area contributed by atoms with Gasteiger partial charge in [0.05, 0.1) is 11.9 Å². The molecular weight excluding hydrogens is 288 g/mol. The highest BCUT2D eigenvalue weighted by Gasteiger charge is 2.10. The van der Waals surface area contributed by atoms with Crippen molar-refractivity contribution in [2.24, 2.45) is 0 Å². The molecule has 0 aliphatic heterocycles. The minimum Gasteiger partial charge on any atom is -0.364 e. The van der Waals surface area contributed by atoms with Gasteiger partial charge < -0.3 is 10.6 Å². The van der Waals surface area contributed by atoms with E-state index < -0.39 is 0 Å². The van der Waals surface area contributed by atoms with E-state index in [0.717, 1.165) is 22.6 Å². The Labute approximate surface area is 125 Å².